The van der Waals surface area contributed by atoms with Crippen molar-refractivity contribution in [2.45, 2.75) is 0 Å². The van der Waals surface area contributed by atoms with Crippen molar-refractivity contribution in [3.8, 4) is 0 Å². The lowest BCUT2D eigenvalue weighted by molar-refractivity contribution is 0.622. The molecule has 1 heterocycles. The van der Waals surface area contributed by atoms with Crippen molar-refractivity contribution >= 4 is 33.5 Å². The number of hydrogen-bond donors (Lipinski definition) is 0. The summed E-state index contributed by atoms with van der Waals surface area (Å²) in [6.07, 6.45) is 1.68. The van der Waals surface area contributed by atoms with Crippen molar-refractivity contribution in [2.24, 2.45) is 0 Å². The van der Waals surface area contributed by atoms with Gasteiger partial charge in [0.2, 0.25) is 0 Å². The molecule has 56 valence electrons. The van der Waals surface area contributed by atoms with Crippen molar-refractivity contribution in [2.75, 3.05) is 0 Å². The predicted octanol–water partition coefficient (Wildman–Crippen LogP) is 2.54. The normalized spacial score (nSPS) is 10.7. The van der Waals surface area contributed by atoms with Crippen molar-refractivity contribution in [3.05, 3.63) is 33.8 Å². The third-order valence-electron chi connectivity index (χ3n) is 1.54. The number of benzene rings is 1. The Morgan fingerprint density at radius 1 is 1.36 bits per heavy atom. The molecule has 0 unspecified atom stereocenters. The molecule has 0 fully saturated rings. The minimum atomic E-state index is -0.175. The lowest BCUT2D eigenvalue weighted by atomic mass is 10.2. The Labute approximate surface area is 76.7 Å². The molecule has 0 bridgehead atoms. The molecule has 0 saturated heterocycles. The van der Waals surface area contributed by atoms with E-state index in [1.165, 1.54) is 6.07 Å². The Bertz CT molecular complexity index is 358. The highest BCUT2D eigenvalue weighted by Gasteiger charge is 1.96. The molecule has 0 aliphatic carbocycles. The van der Waals surface area contributed by atoms with Crippen LogP contribution in [0.5, 0.6) is 0 Å². The Balaban J connectivity index is 2.86. The van der Waals surface area contributed by atoms with Crippen LogP contribution in [0.15, 0.2) is 24.4 Å². The summed E-state index contributed by atoms with van der Waals surface area (Å²) >= 11 is 1.95. The van der Waals surface area contributed by atoms with Crippen LogP contribution in [0.3, 0.4) is 0 Å². The van der Waals surface area contributed by atoms with Gasteiger partial charge in [0.15, 0.2) is 0 Å². The second kappa shape index (κ2) is 2.48. The number of hydrogen-bond acceptors (Lipinski definition) is 0. The molecule has 11 heavy (non-hydrogen) atoms. The van der Waals surface area contributed by atoms with E-state index in [2.05, 4.69) is 4.98 Å². The Kier molecular flexibility index (Phi) is 1.60. The van der Waals surface area contributed by atoms with E-state index in [0.29, 0.717) is 3.57 Å². The molecule has 3 heteroatoms. The zero-order valence-corrected chi connectivity index (χ0v) is 7.67. The highest BCUT2D eigenvalue weighted by atomic mass is 127. The molecule has 0 amide bonds. The maximum absolute atomic E-state index is 12.9. The largest absolute Gasteiger partial charge is 0.664 e. The smallest absolute Gasteiger partial charge is 0.137 e. The summed E-state index contributed by atoms with van der Waals surface area (Å²) < 4.78 is 13.5. The van der Waals surface area contributed by atoms with Crippen molar-refractivity contribution in [1.29, 1.82) is 0 Å². The van der Waals surface area contributed by atoms with E-state index in [0.717, 1.165) is 10.9 Å². The van der Waals surface area contributed by atoms with Crippen LogP contribution >= 0.6 is 22.6 Å². The van der Waals surface area contributed by atoms with Crippen LogP contribution in [-0.2, 0) is 0 Å². The predicted molar refractivity (Wildman–Crippen MR) is 49.9 cm³/mol. The van der Waals surface area contributed by atoms with Crippen LogP contribution in [0.2, 0.25) is 0 Å². The molecule has 0 radical (unpaired) electrons. The maximum atomic E-state index is 12.9. The maximum Gasteiger partial charge on any atom is 0.137 e. The van der Waals surface area contributed by atoms with Crippen LogP contribution in [0.4, 0.5) is 4.39 Å². The molecule has 1 aromatic carbocycles. The topological polar surface area (TPSA) is 14.1 Å². The van der Waals surface area contributed by atoms with E-state index in [-0.39, 0.29) is 5.82 Å². The van der Waals surface area contributed by atoms with Gasteiger partial charge in [-0.3, -0.25) is 0 Å². The second-order valence-corrected chi connectivity index (χ2v) is 3.43. The zero-order chi connectivity index (χ0) is 7.84. The van der Waals surface area contributed by atoms with Crippen LogP contribution in [0.1, 0.15) is 0 Å². The number of aromatic nitrogens is 1. The Hall–Kier alpha value is -0.580. The molecule has 0 N–H and O–H groups in total. The summed E-state index contributed by atoms with van der Waals surface area (Å²) in [6.45, 7) is 0. The molecule has 1 nitrogen and oxygen atoms in total. The summed E-state index contributed by atoms with van der Waals surface area (Å²) in [5, 5.41) is 0.864. The molecule has 0 saturated carbocycles. The summed E-state index contributed by atoms with van der Waals surface area (Å²) in [7, 11) is 0. The highest BCUT2D eigenvalue weighted by Crippen LogP contribution is 2.18. The van der Waals surface area contributed by atoms with Gasteiger partial charge in [-0.25, -0.2) is 4.39 Å². The SMILES string of the molecule is Fc1cc2cc[n-]c2cc1I. The van der Waals surface area contributed by atoms with E-state index in [1.54, 1.807) is 18.3 Å². The summed E-state index contributed by atoms with van der Waals surface area (Å²) in [6, 6.07) is 5.05. The molecule has 0 atom stereocenters. The zero-order valence-electron chi connectivity index (χ0n) is 5.51. The van der Waals surface area contributed by atoms with Gasteiger partial charge in [-0.1, -0.05) is 12.1 Å². The van der Waals surface area contributed by atoms with Crippen molar-refractivity contribution in [1.82, 2.24) is 4.98 Å². The summed E-state index contributed by atoms with van der Waals surface area (Å²) in [5.74, 6) is -0.175. The van der Waals surface area contributed by atoms with Gasteiger partial charge < -0.3 is 4.98 Å². The number of rotatable bonds is 0. The van der Waals surface area contributed by atoms with Gasteiger partial charge in [0.25, 0.3) is 0 Å². The van der Waals surface area contributed by atoms with E-state index >= 15 is 0 Å². The lowest BCUT2D eigenvalue weighted by Gasteiger charge is -1.99. The Morgan fingerprint density at radius 3 is 3.00 bits per heavy atom. The first-order valence-corrected chi connectivity index (χ1v) is 4.22. The minimum Gasteiger partial charge on any atom is -0.664 e. The Morgan fingerprint density at radius 2 is 2.18 bits per heavy atom. The summed E-state index contributed by atoms with van der Waals surface area (Å²) in [4.78, 5) is 4.05. The van der Waals surface area contributed by atoms with Crippen LogP contribution in [-0.4, -0.2) is 0 Å². The van der Waals surface area contributed by atoms with Crippen LogP contribution in [0, 0.1) is 9.39 Å². The molecule has 1 aromatic heterocycles. The average molecular weight is 260 g/mol. The van der Waals surface area contributed by atoms with E-state index < -0.39 is 0 Å². The van der Waals surface area contributed by atoms with Gasteiger partial charge in [-0.15, -0.1) is 5.52 Å². The van der Waals surface area contributed by atoms with Crippen molar-refractivity contribution in [3.63, 3.8) is 0 Å². The third kappa shape index (κ3) is 1.13. The second-order valence-electron chi connectivity index (χ2n) is 2.27. The average Bonchev–Trinajstić information content (AvgIpc) is 2.36. The van der Waals surface area contributed by atoms with Gasteiger partial charge in [0, 0.05) is 3.57 Å². The molecule has 2 rings (SSSR count). The highest BCUT2D eigenvalue weighted by molar-refractivity contribution is 14.1. The fourth-order valence-electron chi connectivity index (χ4n) is 0.995. The first-order valence-electron chi connectivity index (χ1n) is 3.14. The van der Waals surface area contributed by atoms with Gasteiger partial charge in [0.05, 0.1) is 0 Å². The molecule has 2 aromatic rings. The van der Waals surface area contributed by atoms with E-state index in [1.807, 2.05) is 22.6 Å². The monoisotopic (exact) mass is 260 g/mol. The molecular weight excluding hydrogens is 256 g/mol. The fourth-order valence-corrected chi connectivity index (χ4v) is 1.45. The van der Waals surface area contributed by atoms with Crippen LogP contribution < -0.4 is 4.98 Å². The molecule has 0 aliphatic rings. The molecule has 0 aliphatic heterocycles. The summed E-state index contributed by atoms with van der Waals surface area (Å²) in [5.41, 5.74) is 0.857. The molecule has 0 spiro atoms. The number of nitrogens with zero attached hydrogens (tertiary/aromatic N) is 1. The standard InChI is InChI=1S/C8H4FIN/c9-6-3-5-1-2-11-8(5)4-7(6)10/h1-4H/q-1. The van der Waals surface area contributed by atoms with Gasteiger partial charge in [-0.2, -0.15) is 6.20 Å². The first-order chi connectivity index (χ1) is 5.27. The van der Waals surface area contributed by atoms with E-state index in [4.69, 9.17) is 0 Å². The quantitative estimate of drug-likeness (QED) is 0.664. The first kappa shape index (κ1) is 7.09. The van der Waals surface area contributed by atoms with Crippen molar-refractivity contribution < 1.29 is 4.39 Å². The van der Waals surface area contributed by atoms with Crippen LogP contribution in [0.25, 0.3) is 10.9 Å². The molecular formula is C8H4FIN-. The van der Waals surface area contributed by atoms with Gasteiger partial charge in [0.1, 0.15) is 5.82 Å². The third-order valence-corrected chi connectivity index (χ3v) is 2.36. The fraction of sp³-hybridized carbons (Fsp3) is 0. The van der Waals surface area contributed by atoms with Gasteiger partial charge in [-0.05, 0) is 34.0 Å². The lowest BCUT2D eigenvalue weighted by Crippen LogP contribution is -1.80. The number of halogens is 2. The number of fused-ring (bicyclic) bond motifs is 1. The van der Waals surface area contributed by atoms with E-state index in [9.17, 15) is 4.39 Å². The van der Waals surface area contributed by atoms with Gasteiger partial charge >= 0.3 is 0 Å². The minimum absolute atomic E-state index is 0.175.